The Morgan fingerprint density at radius 2 is 1.94 bits per heavy atom. The van der Waals surface area contributed by atoms with E-state index >= 15 is 0 Å². The normalized spacial score (nSPS) is 10.9. The van der Waals surface area contributed by atoms with Crippen molar-refractivity contribution in [3.8, 4) is 11.6 Å². The number of hydrazone groups is 1. The van der Waals surface area contributed by atoms with Gasteiger partial charge in [-0.25, -0.2) is 10.1 Å². The molecule has 0 saturated carbocycles. The van der Waals surface area contributed by atoms with Crippen LogP contribution in [0, 0.1) is 0 Å². The molecule has 0 aliphatic carbocycles. The summed E-state index contributed by atoms with van der Waals surface area (Å²) in [7, 11) is 1.53. The minimum atomic E-state index is -0.655. The zero-order valence-corrected chi connectivity index (χ0v) is 18.4. The van der Waals surface area contributed by atoms with Gasteiger partial charge < -0.3 is 21.5 Å². The molecule has 178 valence electrons. The average molecular weight is 476 g/mol. The maximum absolute atomic E-state index is 12.9. The number of primary amides is 1. The Morgan fingerprint density at radius 1 is 1.17 bits per heavy atom. The summed E-state index contributed by atoms with van der Waals surface area (Å²) in [5, 5.41) is 22.2. The quantitative estimate of drug-likeness (QED) is 0.197. The van der Waals surface area contributed by atoms with Crippen molar-refractivity contribution in [2.75, 3.05) is 18.2 Å². The standard InChI is InChI=1S/C21H20N10O4/c1-34-16-9-5-2-6-12(16)10-25-27-21(33)17-15(31(30-26-17)20-18(22)28-35-29-20)11-24-14-8-4-3-7-13(14)19(23)32/h2-10,24H,11H2,1H3,(H2,22,28)(H2,23,32)(H,27,33)/b25-10-. The van der Waals surface area contributed by atoms with E-state index in [1.807, 2.05) is 6.07 Å². The number of carbonyl (C=O) groups is 2. The summed E-state index contributed by atoms with van der Waals surface area (Å²) in [6, 6.07) is 13.8. The van der Waals surface area contributed by atoms with Gasteiger partial charge in [-0.05, 0) is 34.6 Å². The third kappa shape index (κ3) is 4.90. The van der Waals surface area contributed by atoms with E-state index in [2.05, 4.69) is 41.1 Å². The molecule has 2 amide bonds. The second-order valence-electron chi connectivity index (χ2n) is 6.97. The number of ether oxygens (including phenoxy) is 1. The van der Waals surface area contributed by atoms with E-state index in [9.17, 15) is 9.59 Å². The van der Waals surface area contributed by atoms with Crippen LogP contribution in [-0.4, -0.2) is 50.4 Å². The number of nitrogens with two attached hydrogens (primary N) is 2. The Morgan fingerprint density at radius 3 is 2.69 bits per heavy atom. The van der Waals surface area contributed by atoms with Gasteiger partial charge in [0.05, 0.1) is 31.1 Å². The predicted molar refractivity (Wildman–Crippen MR) is 124 cm³/mol. The number of para-hydroxylation sites is 2. The first-order valence-electron chi connectivity index (χ1n) is 10.1. The zero-order valence-electron chi connectivity index (χ0n) is 18.4. The molecule has 0 radical (unpaired) electrons. The van der Waals surface area contributed by atoms with Gasteiger partial charge in [0, 0.05) is 11.3 Å². The van der Waals surface area contributed by atoms with Crippen LogP contribution in [0.2, 0.25) is 0 Å². The van der Waals surface area contributed by atoms with E-state index in [0.717, 1.165) is 0 Å². The first kappa shape index (κ1) is 22.9. The van der Waals surface area contributed by atoms with Gasteiger partial charge in [-0.15, -0.1) is 5.10 Å². The Bertz CT molecular complexity index is 1390. The predicted octanol–water partition coefficient (Wildman–Crippen LogP) is 0.716. The number of rotatable bonds is 9. The molecule has 2 aromatic heterocycles. The molecule has 2 heterocycles. The highest BCUT2D eigenvalue weighted by Gasteiger charge is 2.24. The lowest BCUT2D eigenvalue weighted by Gasteiger charge is -2.11. The molecule has 0 spiro atoms. The van der Waals surface area contributed by atoms with Crippen LogP contribution in [0.4, 0.5) is 11.5 Å². The van der Waals surface area contributed by atoms with E-state index in [0.29, 0.717) is 17.0 Å². The van der Waals surface area contributed by atoms with Crippen molar-refractivity contribution in [1.82, 2.24) is 30.7 Å². The molecule has 4 rings (SSSR count). The monoisotopic (exact) mass is 476 g/mol. The molecule has 35 heavy (non-hydrogen) atoms. The summed E-state index contributed by atoms with van der Waals surface area (Å²) in [4.78, 5) is 24.7. The number of benzene rings is 2. The number of carbonyl (C=O) groups excluding carboxylic acids is 2. The van der Waals surface area contributed by atoms with Crippen LogP contribution in [0.1, 0.15) is 32.1 Å². The maximum atomic E-state index is 12.9. The highest BCUT2D eigenvalue weighted by atomic mass is 16.6. The zero-order chi connectivity index (χ0) is 24.8. The molecule has 4 aromatic rings. The van der Waals surface area contributed by atoms with Crippen molar-refractivity contribution >= 4 is 29.5 Å². The van der Waals surface area contributed by atoms with Gasteiger partial charge in [0.25, 0.3) is 11.8 Å². The van der Waals surface area contributed by atoms with Crippen molar-refractivity contribution in [2.24, 2.45) is 10.8 Å². The van der Waals surface area contributed by atoms with Crippen molar-refractivity contribution < 1.29 is 19.0 Å². The molecule has 0 fully saturated rings. The third-order valence-corrected chi connectivity index (χ3v) is 4.82. The molecular formula is C21H20N10O4. The molecular weight excluding hydrogens is 456 g/mol. The van der Waals surface area contributed by atoms with E-state index in [4.69, 9.17) is 16.2 Å². The van der Waals surface area contributed by atoms with Gasteiger partial charge in [0.1, 0.15) is 5.75 Å². The third-order valence-electron chi connectivity index (χ3n) is 4.82. The number of methoxy groups -OCH3 is 1. The lowest BCUT2D eigenvalue weighted by Crippen LogP contribution is -2.22. The number of amides is 2. The number of aromatic nitrogens is 5. The Kier molecular flexibility index (Phi) is 6.62. The first-order valence-corrected chi connectivity index (χ1v) is 10.1. The summed E-state index contributed by atoms with van der Waals surface area (Å²) < 4.78 is 11.1. The fraction of sp³-hybridized carbons (Fsp3) is 0.0952. The summed E-state index contributed by atoms with van der Waals surface area (Å²) in [6.07, 6.45) is 1.43. The van der Waals surface area contributed by atoms with Crippen LogP contribution >= 0.6 is 0 Å². The number of anilines is 2. The molecule has 2 aromatic carbocycles. The summed E-state index contributed by atoms with van der Waals surface area (Å²) in [6.45, 7) is -0.0113. The van der Waals surface area contributed by atoms with Crippen LogP contribution in [0.5, 0.6) is 5.75 Å². The van der Waals surface area contributed by atoms with Crippen molar-refractivity contribution in [1.29, 1.82) is 0 Å². The topological polar surface area (TPSA) is 201 Å². The minimum Gasteiger partial charge on any atom is -0.496 e. The molecule has 6 N–H and O–H groups in total. The Balaban J connectivity index is 1.61. The van der Waals surface area contributed by atoms with E-state index in [-0.39, 0.29) is 35.1 Å². The minimum absolute atomic E-state index is 0.0113. The van der Waals surface area contributed by atoms with E-state index in [1.165, 1.54) is 18.0 Å². The largest absolute Gasteiger partial charge is 0.496 e. The van der Waals surface area contributed by atoms with Gasteiger partial charge in [-0.1, -0.05) is 29.5 Å². The van der Waals surface area contributed by atoms with E-state index < -0.39 is 11.8 Å². The van der Waals surface area contributed by atoms with Crippen LogP contribution in [0.3, 0.4) is 0 Å². The lowest BCUT2D eigenvalue weighted by molar-refractivity contribution is 0.0947. The fourth-order valence-corrected chi connectivity index (χ4v) is 3.16. The van der Waals surface area contributed by atoms with Crippen LogP contribution in [0.15, 0.2) is 58.3 Å². The van der Waals surface area contributed by atoms with Crippen LogP contribution in [0.25, 0.3) is 5.82 Å². The average Bonchev–Trinajstić information content (AvgIpc) is 3.48. The second kappa shape index (κ2) is 10.1. The molecule has 0 aliphatic rings. The summed E-state index contributed by atoms with van der Waals surface area (Å²) >= 11 is 0. The number of hydrogen-bond acceptors (Lipinski definition) is 11. The number of hydrogen-bond donors (Lipinski definition) is 4. The van der Waals surface area contributed by atoms with Crippen molar-refractivity contribution in [3.63, 3.8) is 0 Å². The van der Waals surface area contributed by atoms with Gasteiger partial charge >= 0.3 is 0 Å². The van der Waals surface area contributed by atoms with Gasteiger partial charge in [0.2, 0.25) is 11.6 Å². The SMILES string of the molecule is COc1ccccc1/C=N\NC(=O)c1nnn(-c2nonc2N)c1CNc1ccccc1C(N)=O. The fourth-order valence-electron chi connectivity index (χ4n) is 3.16. The molecule has 14 nitrogen and oxygen atoms in total. The number of nitrogens with one attached hydrogen (secondary N) is 2. The van der Waals surface area contributed by atoms with Gasteiger partial charge in [-0.3, -0.25) is 9.59 Å². The molecule has 0 saturated heterocycles. The highest BCUT2D eigenvalue weighted by molar-refractivity contribution is 5.98. The van der Waals surface area contributed by atoms with Crippen molar-refractivity contribution in [2.45, 2.75) is 6.54 Å². The molecule has 0 unspecified atom stereocenters. The van der Waals surface area contributed by atoms with Crippen LogP contribution in [-0.2, 0) is 6.54 Å². The molecule has 0 aliphatic heterocycles. The second-order valence-corrected chi connectivity index (χ2v) is 6.97. The maximum Gasteiger partial charge on any atom is 0.293 e. The number of nitrogens with zero attached hydrogens (tertiary/aromatic N) is 6. The highest BCUT2D eigenvalue weighted by Crippen LogP contribution is 2.20. The molecule has 0 atom stereocenters. The van der Waals surface area contributed by atoms with Crippen molar-refractivity contribution in [3.05, 3.63) is 71.0 Å². The summed E-state index contributed by atoms with van der Waals surface area (Å²) in [5.74, 6) is -0.710. The first-order chi connectivity index (χ1) is 17.0. The Hall–Kier alpha value is -5.27. The van der Waals surface area contributed by atoms with E-state index in [1.54, 1.807) is 42.5 Å². The smallest absolute Gasteiger partial charge is 0.293 e. The summed E-state index contributed by atoms with van der Waals surface area (Å²) in [5.41, 5.74) is 15.2. The van der Waals surface area contributed by atoms with Crippen LogP contribution < -0.4 is 26.9 Å². The lowest BCUT2D eigenvalue weighted by atomic mass is 10.1. The van der Waals surface area contributed by atoms with Gasteiger partial charge in [0.15, 0.2) is 5.69 Å². The van der Waals surface area contributed by atoms with Gasteiger partial charge in [-0.2, -0.15) is 9.78 Å². The molecule has 14 heteroatoms. The Labute approximate surface area is 197 Å². The number of nitrogen functional groups attached to an aromatic ring is 1. The molecule has 0 bridgehead atoms.